The second-order valence-electron chi connectivity index (χ2n) is 4.64. The summed E-state index contributed by atoms with van der Waals surface area (Å²) in [4.78, 5) is 2.47. The van der Waals surface area contributed by atoms with Crippen LogP contribution in [-0.2, 0) is 0 Å². The summed E-state index contributed by atoms with van der Waals surface area (Å²) in [6.45, 7) is 6.39. The number of aromatic hydroxyl groups is 1. The standard InChI is InChI=1S/C14H22N2O2/c1-3-12(16-8-6-15-7-9-16)11-4-5-14(18-2)13(17)10-11/h4-5,10,12,15,17H,3,6-9H2,1-2H3/t12-/m0/s1. The van der Waals surface area contributed by atoms with Gasteiger partial charge in [-0.05, 0) is 24.1 Å². The number of rotatable bonds is 4. The number of benzene rings is 1. The number of phenolic OH excluding ortho intramolecular Hbond substituents is 1. The number of nitrogens with one attached hydrogen (secondary N) is 1. The van der Waals surface area contributed by atoms with Crippen molar-refractivity contribution < 1.29 is 9.84 Å². The van der Waals surface area contributed by atoms with Crippen molar-refractivity contribution in [1.82, 2.24) is 10.2 Å². The molecule has 0 radical (unpaired) electrons. The Morgan fingerprint density at radius 3 is 2.67 bits per heavy atom. The fourth-order valence-electron chi connectivity index (χ4n) is 2.61. The van der Waals surface area contributed by atoms with Crippen LogP contribution in [0.25, 0.3) is 0 Å². The Balaban J connectivity index is 2.18. The Bertz CT molecular complexity index is 389. The van der Waals surface area contributed by atoms with Gasteiger partial charge in [-0.1, -0.05) is 13.0 Å². The second kappa shape index (κ2) is 6.07. The predicted octanol–water partition coefficient (Wildman–Crippen LogP) is 1.76. The molecule has 1 aliphatic rings. The number of nitrogens with zero attached hydrogens (tertiary/aromatic N) is 1. The molecule has 4 heteroatoms. The van der Waals surface area contributed by atoms with Gasteiger partial charge in [0.1, 0.15) is 0 Å². The molecule has 1 aliphatic heterocycles. The van der Waals surface area contributed by atoms with E-state index in [2.05, 4.69) is 23.2 Å². The molecule has 1 aromatic carbocycles. The minimum Gasteiger partial charge on any atom is -0.504 e. The maximum Gasteiger partial charge on any atom is 0.160 e. The first-order chi connectivity index (χ1) is 8.76. The van der Waals surface area contributed by atoms with Gasteiger partial charge >= 0.3 is 0 Å². The molecule has 1 aromatic rings. The Kier molecular flexibility index (Phi) is 4.44. The molecule has 0 bridgehead atoms. The average molecular weight is 250 g/mol. The van der Waals surface area contributed by atoms with E-state index in [9.17, 15) is 5.11 Å². The molecular formula is C14H22N2O2. The molecule has 0 amide bonds. The van der Waals surface area contributed by atoms with Crippen molar-refractivity contribution >= 4 is 0 Å². The lowest BCUT2D eigenvalue weighted by atomic mass is 10.0. The van der Waals surface area contributed by atoms with E-state index in [1.165, 1.54) is 0 Å². The maximum atomic E-state index is 9.88. The van der Waals surface area contributed by atoms with Crippen molar-refractivity contribution in [2.24, 2.45) is 0 Å². The highest BCUT2D eigenvalue weighted by atomic mass is 16.5. The van der Waals surface area contributed by atoms with Crippen molar-refractivity contribution in [2.45, 2.75) is 19.4 Å². The lowest BCUT2D eigenvalue weighted by molar-refractivity contribution is 0.169. The normalized spacial score (nSPS) is 18.6. The molecule has 0 aromatic heterocycles. The summed E-state index contributed by atoms with van der Waals surface area (Å²) in [5, 5.41) is 13.2. The topological polar surface area (TPSA) is 44.7 Å². The Morgan fingerprint density at radius 2 is 2.11 bits per heavy atom. The van der Waals surface area contributed by atoms with Crippen LogP contribution in [0.3, 0.4) is 0 Å². The van der Waals surface area contributed by atoms with Crippen LogP contribution in [0, 0.1) is 0 Å². The quantitative estimate of drug-likeness (QED) is 0.854. The van der Waals surface area contributed by atoms with E-state index in [-0.39, 0.29) is 5.75 Å². The molecule has 1 fully saturated rings. The molecular weight excluding hydrogens is 228 g/mol. The smallest absolute Gasteiger partial charge is 0.160 e. The van der Waals surface area contributed by atoms with Crippen molar-refractivity contribution in [2.75, 3.05) is 33.3 Å². The van der Waals surface area contributed by atoms with Gasteiger partial charge in [0.2, 0.25) is 0 Å². The van der Waals surface area contributed by atoms with Gasteiger partial charge < -0.3 is 15.2 Å². The maximum absolute atomic E-state index is 9.88. The molecule has 2 rings (SSSR count). The first kappa shape index (κ1) is 13.2. The second-order valence-corrected chi connectivity index (χ2v) is 4.64. The van der Waals surface area contributed by atoms with Crippen molar-refractivity contribution in [3.05, 3.63) is 23.8 Å². The number of hydrogen-bond donors (Lipinski definition) is 2. The van der Waals surface area contributed by atoms with E-state index in [0.717, 1.165) is 38.2 Å². The van der Waals surface area contributed by atoms with Gasteiger partial charge in [0.15, 0.2) is 11.5 Å². The Morgan fingerprint density at radius 1 is 1.39 bits per heavy atom. The highest BCUT2D eigenvalue weighted by molar-refractivity contribution is 5.42. The van der Waals surface area contributed by atoms with Gasteiger partial charge in [0.05, 0.1) is 7.11 Å². The number of piperazine rings is 1. The minimum atomic E-state index is 0.226. The molecule has 0 saturated carbocycles. The number of hydrogen-bond acceptors (Lipinski definition) is 4. The highest BCUT2D eigenvalue weighted by Crippen LogP contribution is 2.32. The summed E-state index contributed by atoms with van der Waals surface area (Å²) in [6, 6.07) is 6.10. The first-order valence-electron chi connectivity index (χ1n) is 6.58. The van der Waals surface area contributed by atoms with Crippen molar-refractivity contribution in [3.8, 4) is 11.5 Å². The van der Waals surface area contributed by atoms with E-state index in [4.69, 9.17) is 4.74 Å². The summed E-state index contributed by atoms with van der Waals surface area (Å²) in [7, 11) is 1.57. The molecule has 2 N–H and O–H groups in total. The summed E-state index contributed by atoms with van der Waals surface area (Å²) in [6.07, 6.45) is 1.05. The third-order valence-electron chi connectivity index (χ3n) is 3.57. The van der Waals surface area contributed by atoms with E-state index in [1.807, 2.05) is 12.1 Å². The fraction of sp³-hybridized carbons (Fsp3) is 0.571. The van der Waals surface area contributed by atoms with Gasteiger partial charge in [0.25, 0.3) is 0 Å². The third kappa shape index (κ3) is 2.76. The highest BCUT2D eigenvalue weighted by Gasteiger charge is 2.21. The van der Waals surface area contributed by atoms with E-state index in [0.29, 0.717) is 11.8 Å². The van der Waals surface area contributed by atoms with Crippen LogP contribution in [0.4, 0.5) is 0 Å². The largest absolute Gasteiger partial charge is 0.504 e. The lowest BCUT2D eigenvalue weighted by Gasteiger charge is -2.34. The third-order valence-corrected chi connectivity index (χ3v) is 3.57. The monoisotopic (exact) mass is 250 g/mol. The van der Waals surface area contributed by atoms with Crippen LogP contribution in [0.5, 0.6) is 11.5 Å². The zero-order valence-corrected chi connectivity index (χ0v) is 11.1. The zero-order chi connectivity index (χ0) is 13.0. The van der Waals surface area contributed by atoms with Crippen LogP contribution in [-0.4, -0.2) is 43.3 Å². The first-order valence-corrected chi connectivity index (χ1v) is 6.58. The summed E-state index contributed by atoms with van der Waals surface area (Å²) < 4.78 is 5.09. The van der Waals surface area contributed by atoms with Crippen LogP contribution in [0.15, 0.2) is 18.2 Å². The molecule has 1 saturated heterocycles. The molecule has 0 spiro atoms. The summed E-state index contributed by atoms with van der Waals surface area (Å²) in [5.41, 5.74) is 1.16. The summed E-state index contributed by atoms with van der Waals surface area (Å²) in [5.74, 6) is 0.762. The van der Waals surface area contributed by atoms with Gasteiger partial charge in [-0.25, -0.2) is 0 Å². The molecule has 1 heterocycles. The molecule has 18 heavy (non-hydrogen) atoms. The molecule has 0 unspecified atom stereocenters. The zero-order valence-electron chi connectivity index (χ0n) is 11.1. The van der Waals surface area contributed by atoms with E-state index in [1.54, 1.807) is 7.11 Å². The summed E-state index contributed by atoms with van der Waals surface area (Å²) >= 11 is 0. The van der Waals surface area contributed by atoms with E-state index >= 15 is 0 Å². The average Bonchev–Trinajstić information content (AvgIpc) is 2.41. The SMILES string of the molecule is CC[C@@H](c1ccc(OC)c(O)c1)N1CCNCC1. The minimum absolute atomic E-state index is 0.226. The predicted molar refractivity (Wildman–Crippen MR) is 72.1 cm³/mol. The number of methoxy groups -OCH3 is 1. The lowest BCUT2D eigenvalue weighted by Crippen LogP contribution is -2.45. The van der Waals surface area contributed by atoms with Crippen LogP contribution in [0.1, 0.15) is 24.9 Å². The van der Waals surface area contributed by atoms with Crippen LogP contribution >= 0.6 is 0 Å². The van der Waals surface area contributed by atoms with Crippen molar-refractivity contribution in [3.63, 3.8) is 0 Å². The molecule has 0 aliphatic carbocycles. The Labute approximate surface area is 109 Å². The van der Waals surface area contributed by atoms with Crippen molar-refractivity contribution in [1.29, 1.82) is 0 Å². The van der Waals surface area contributed by atoms with Gasteiger partial charge in [-0.3, -0.25) is 4.90 Å². The van der Waals surface area contributed by atoms with Crippen LogP contribution in [0.2, 0.25) is 0 Å². The van der Waals surface area contributed by atoms with Crippen LogP contribution < -0.4 is 10.1 Å². The molecule has 100 valence electrons. The fourth-order valence-corrected chi connectivity index (χ4v) is 2.61. The van der Waals surface area contributed by atoms with Gasteiger partial charge in [0, 0.05) is 32.2 Å². The number of phenols is 1. The Hall–Kier alpha value is -1.26. The molecule has 1 atom stereocenters. The van der Waals surface area contributed by atoms with Gasteiger partial charge in [-0.2, -0.15) is 0 Å². The van der Waals surface area contributed by atoms with Gasteiger partial charge in [-0.15, -0.1) is 0 Å². The molecule has 4 nitrogen and oxygen atoms in total. The van der Waals surface area contributed by atoms with E-state index < -0.39 is 0 Å². The number of ether oxygens (including phenoxy) is 1.